The number of hydrogen-bond donors (Lipinski definition) is 1. The molecule has 0 spiro atoms. The van der Waals surface area contributed by atoms with Crippen LogP contribution in [0.25, 0.3) is 0 Å². The van der Waals surface area contributed by atoms with Crippen LogP contribution in [0.15, 0.2) is 53.4 Å². The van der Waals surface area contributed by atoms with Crippen molar-refractivity contribution in [3.63, 3.8) is 0 Å². The van der Waals surface area contributed by atoms with Crippen molar-refractivity contribution < 1.29 is 17.4 Å². The Labute approximate surface area is 142 Å². The first kappa shape index (κ1) is 18.0. The highest BCUT2D eigenvalue weighted by Crippen LogP contribution is 2.29. The number of carbonyl (C=O) groups is 1. The molecule has 0 aromatic heterocycles. The van der Waals surface area contributed by atoms with Crippen molar-refractivity contribution in [1.29, 1.82) is 0 Å². The minimum atomic E-state index is -3.94. The molecule has 128 valence electrons. The van der Waals surface area contributed by atoms with Crippen LogP contribution < -0.4 is 9.50 Å². The Morgan fingerprint density at radius 2 is 1.75 bits per heavy atom. The lowest BCUT2D eigenvalue weighted by molar-refractivity contribution is -0.119. The number of nitrogens with one attached hydrogen (secondary N) is 1. The van der Waals surface area contributed by atoms with Crippen LogP contribution in [0.3, 0.4) is 0 Å². The predicted molar refractivity (Wildman–Crippen MR) is 92.3 cm³/mol. The molecule has 1 atom stereocenters. The molecule has 24 heavy (non-hydrogen) atoms. The minimum Gasteiger partial charge on any atom is -0.379 e. The van der Waals surface area contributed by atoms with Crippen LogP contribution in [0.1, 0.15) is 37.4 Å². The van der Waals surface area contributed by atoms with E-state index in [0.29, 0.717) is 12.0 Å². The van der Waals surface area contributed by atoms with E-state index >= 15 is 0 Å². The molecule has 0 bridgehead atoms. The number of amides is 1. The van der Waals surface area contributed by atoms with Crippen LogP contribution in [0.5, 0.6) is 5.75 Å². The molecule has 0 fully saturated rings. The normalized spacial score (nSPS) is 12.5. The predicted octanol–water partition coefficient (Wildman–Crippen LogP) is 3.35. The fourth-order valence-electron chi connectivity index (χ4n) is 2.36. The van der Waals surface area contributed by atoms with E-state index in [1.807, 2.05) is 13.8 Å². The Hall–Kier alpha value is -2.34. The first-order chi connectivity index (χ1) is 11.3. The largest absolute Gasteiger partial charge is 0.379 e. The van der Waals surface area contributed by atoms with E-state index in [9.17, 15) is 13.2 Å². The second-order valence-electron chi connectivity index (χ2n) is 5.55. The van der Waals surface area contributed by atoms with Crippen molar-refractivity contribution in [2.75, 3.05) is 0 Å². The average Bonchev–Trinajstić information content (AvgIpc) is 2.53. The number of para-hydroxylation sites is 1. The second-order valence-corrected chi connectivity index (χ2v) is 7.10. The molecule has 0 heterocycles. The molecule has 6 heteroatoms. The van der Waals surface area contributed by atoms with Gasteiger partial charge in [0.15, 0.2) is 0 Å². The molecule has 2 aromatic carbocycles. The number of aryl methyl sites for hydroxylation is 1. The molecule has 0 aliphatic heterocycles. The summed E-state index contributed by atoms with van der Waals surface area (Å²) in [4.78, 5) is 11.5. The molecule has 5 nitrogen and oxygen atoms in total. The van der Waals surface area contributed by atoms with Gasteiger partial charge in [-0.15, -0.1) is 0 Å². The topological polar surface area (TPSA) is 72.5 Å². The van der Waals surface area contributed by atoms with E-state index in [1.165, 1.54) is 19.1 Å². The van der Waals surface area contributed by atoms with Crippen LogP contribution in [-0.4, -0.2) is 14.3 Å². The van der Waals surface area contributed by atoms with Crippen molar-refractivity contribution in [2.45, 2.75) is 38.1 Å². The van der Waals surface area contributed by atoms with Gasteiger partial charge in [0.25, 0.3) is 0 Å². The van der Waals surface area contributed by atoms with Crippen LogP contribution >= 0.6 is 0 Å². The summed E-state index contributed by atoms with van der Waals surface area (Å²) in [6.07, 6.45) is 0.616. The van der Waals surface area contributed by atoms with Crippen LogP contribution in [0.4, 0.5) is 0 Å². The highest BCUT2D eigenvalue weighted by molar-refractivity contribution is 7.87. The van der Waals surface area contributed by atoms with E-state index in [2.05, 4.69) is 5.32 Å². The van der Waals surface area contributed by atoms with Gasteiger partial charge in [-0.3, -0.25) is 4.79 Å². The van der Waals surface area contributed by atoms with Gasteiger partial charge in [0, 0.05) is 12.5 Å². The smallest absolute Gasteiger partial charge is 0.339 e. The van der Waals surface area contributed by atoms with Crippen molar-refractivity contribution in [2.24, 2.45) is 0 Å². The van der Waals surface area contributed by atoms with Gasteiger partial charge in [0.05, 0.1) is 6.04 Å². The zero-order valence-electron chi connectivity index (χ0n) is 13.9. The third-order valence-corrected chi connectivity index (χ3v) is 4.84. The summed E-state index contributed by atoms with van der Waals surface area (Å²) >= 11 is 0. The Kier molecular flexibility index (Phi) is 5.62. The molecule has 0 saturated carbocycles. The van der Waals surface area contributed by atoms with Gasteiger partial charge in [-0.05, 0) is 31.5 Å². The van der Waals surface area contributed by atoms with Gasteiger partial charge in [-0.2, -0.15) is 8.42 Å². The molecule has 2 aromatic rings. The molecule has 1 N–H and O–H groups in total. The minimum absolute atomic E-state index is 0.0930. The van der Waals surface area contributed by atoms with Gasteiger partial charge >= 0.3 is 10.1 Å². The summed E-state index contributed by atoms with van der Waals surface area (Å²) in [5.74, 6) is 0.0386. The first-order valence-electron chi connectivity index (χ1n) is 7.70. The SMILES string of the molecule is CCC(NC(C)=O)c1ccccc1OS(=O)(=O)c1ccc(C)cc1. The highest BCUT2D eigenvalue weighted by atomic mass is 32.2. The summed E-state index contributed by atoms with van der Waals surface area (Å²) in [6, 6.07) is 13.0. The molecular formula is C18H21NO4S. The van der Waals surface area contributed by atoms with Gasteiger partial charge in [-0.25, -0.2) is 0 Å². The van der Waals surface area contributed by atoms with Crippen molar-refractivity contribution in [3.8, 4) is 5.75 Å². The van der Waals surface area contributed by atoms with E-state index in [-0.39, 0.29) is 22.6 Å². The molecule has 0 saturated heterocycles. The highest BCUT2D eigenvalue weighted by Gasteiger charge is 2.21. The summed E-state index contributed by atoms with van der Waals surface area (Å²) in [6.45, 7) is 5.22. The molecule has 1 amide bonds. The summed E-state index contributed by atoms with van der Waals surface area (Å²) in [7, 11) is -3.94. The lowest BCUT2D eigenvalue weighted by Gasteiger charge is -2.19. The average molecular weight is 347 g/mol. The number of rotatable bonds is 6. The summed E-state index contributed by atoms with van der Waals surface area (Å²) in [5.41, 5.74) is 1.59. The van der Waals surface area contributed by atoms with Crippen molar-refractivity contribution in [3.05, 3.63) is 59.7 Å². The summed E-state index contributed by atoms with van der Waals surface area (Å²) < 4.78 is 30.3. The quantitative estimate of drug-likeness (QED) is 0.814. The molecule has 0 aliphatic rings. The lowest BCUT2D eigenvalue weighted by atomic mass is 10.0. The van der Waals surface area contributed by atoms with Crippen LogP contribution in [0, 0.1) is 6.92 Å². The van der Waals surface area contributed by atoms with Gasteiger partial charge in [-0.1, -0.05) is 42.8 Å². The van der Waals surface area contributed by atoms with Crippen molar-refractivity contribution in [1.82, 2.24) is 5.32 Å². The van der Waals surface area contributed by atoms with Gasteiger partial charge in [0.2, 0.25) is 5.91 Å². The van der Waals surface area contributed by atoms with E-state index in [4.69, 9.17) is 4.18 Å². The van der Waals surface area contributed by atoms with E-state index in [1.54, 1.807) is 36.4 Å². The standard InChI is InChI=1S/C18H21NO4S/c1-4-17(19-14(3)20)16-7-5-6-8-18(16)23-24(21,22)15-11-9-13(2)10-12-15/h5-12,17H,4H2,1-3H3,(H,19,20). The number of carbonyl (C=O) groups excluding carboxylic acids is 1. The Morgan fingerprint density at radius 3 is 2.33 bits per heavy atom. The zero-order valence-corrected chi connectivity index (χ0v) is 14.8. The monoisotopic (exact) mass is 347 g/mol. The molecule has 1 unspecified atom stereocenters. The third kappa shape index (κ3) is 4.35. The second kappa shape index (κ2) is 7.49. The van der Waals surface area contributed by atoms with E-state index in [0.717, 1.165) is 5.56 Å². The maximum Gasteiger partial charge on any atom is 0.339 e. The summed E-state index contributed by atoms with van der Waals surface area (Å²) in [5, 5.41) is 2.81. The Balaban J connectivity index is 2.36. The van der Waals surface area contributed by atoms with Gasteiger partial charge < -0.3 is 9.50 Å². The molecular weight excluding hydrogens is 326 g/mol. The van der Waals surface area contributed by atoms with Crippen LogP contribution in [-0.2, 0) is 14.9 Å². The maximum atomic E-state index is 12.5. The fourth-order valence-corrected chi connectivity index (χ4v) is 3.31. The number of hydrogen-bond acceptors (Lipinski definition) is 4. The van der Waals surface area contributed by atoms with Crippen LogP contribution in [0.2, 0.25) is 0 Å². The van der Waals surface area contributed by atoms with Gasteiger partial charge in [0.1, 0.15) is 10.6 Å². The maximum absolute atomic E-state index is 12.5. The first-order valence-corrected chi connectivity index (χ1v) is 9.11. The Bertz CT molecular complexity index is 813. The fraction of sp³-hybridized carbons (Fsp3) is 0.278. The zero-order chi connectivity index (χ0) is 17.7. The third-order valence-electron chi connectivity index (χ3n) is 3.59. The molecule has 0 radical (unpaired) electrons. The lowest BCUT2D eigenvalue weighted by Crippen LogP contribution is -2.26. The molecule has 0 aliphatic carbocycles. The van der Waals surface area contributed by atoms with Crippen molar-refractivity contribution >= 4 is 16.0 Å². The molecule has 2 rings (SSSR count). The Morgan fingerprint density at radius 1 is 1.12 bits per heavy atom. The number of benzene rings is 2. The van der Waals surface area contributed by atoms with E-state index < -0.39 is 10.1 Å².